The maximum atomic E-state index is 3.98. The van der Waals surface area contributed by atoms with E-state index in [1.54, 1.807) is 0 Å². The van der Waals surface area contributed by atoms with Crippen molar-refractivity contribution in [2.75, 3.05) is 0 Å². The minimum Gasteiger partial charge on any atom is -0.358 e. The molecule has 0 saturated carbocycles. The molecule has 2 heteroatoms. The van der Waals surface area contributed by atoms with Crippen LogP contribution in [0, 0.1) is 6.92 Å². The van der Waals surface area contributed by atoms with Crippen molar-refractivity contribution in [3.8, 4) is 27.9 Å². The van der Waals surface area contributed by atoms with E-state index in [-0.39, 0.29) is 0 Å². The number of aryl methyl sites for hydroxylation is 1. The highest BCUT2D eigenvalue weighted by atomic mass is 15.0. The zero-order chi connectivity index (χ0) is 34.5. The summed E-state index contributed by atoms with van der Waals surface area (Å²) in [6, 6.07) is 48.9. The number of aromatic nitrogens is 2. The van der Waals surface area contributed by atoms with Gasteiger partial charge < -0.3 is 9.55 Å². The summed E-state index contributed by atoms with van der Waals surface area (Å²) in [5, 5.41) is 8.60. The minimum atomic E-state index is 1.12. The van der Waals surface area contributed by atoms with Crippen molar-refractivity contribution in [3.63, 3.8) is 0 Å². The maximum absolute atomic E-state index is 3.98. The van der Waals surface area contributed by atoms with Crippen LogP contribution in [0.25, 0.3) is 94.3 Å². The number of hydrogen-bond donors (Lipinski definition) is 1. The second-order valence-electron chi connectivity index (χ2n) is 13.2. The smallest absolute Gasteiger partial charge is 0.0553 e. The molecule has 7 aromatic carbocycles. The number of hydrogen-bond acceptors (Lipinski definition) is 0. The SMILES string of the molecule is C=C/C=C\c1cc(-c2cc3c(c4ccccc24)c2ccccc2n3-c2ccc(-c3ccccc3)cc2)cc2cc3c(/C=C\C=C)c(C)[nH]c3cc12. The molecule has 242 valence electrons. The molecular weight excluding hydrogens is 617 g/mol. The monoisotopic (exact) mass is 652 g/mol. The number of nitrogens with zero attached hydrogens (tertiary/aromatic N) is 1. The Labute approximate surface area is 297 Å². The zero-order valence-electron chi connectivity index (χ0n) is 28.5. The van der Waals surface area contributed by atoms with Gasteiger partial charge in [-0.3, -0.25) is 0 Å². The van der Waals surface area contributed by atoms with E-state index in [1.165, 1.54) is 76.6 Å². The second-order valence-corrected chi connectivity index (χ2v) is 13.2. The predicted octanol–water partition coefficient (Wildman–Crippen LogP) is 13.6. The van der Waals surface area contributed by atoms with Gasteiger partial charge in [0.15, 0.2) is 0 Å². The lowest BCUT2D eigenvalue weighted by atomic mass is 9.91. The molecule has 0 fully saturated rings. The Kier molecular flexibility index (Phi) is 7.37. The van der Waals surface area contributed by atoms with Crippen LogP contribution in [0.1, 0.15) is 16.8 Å². The van der Waals surface area contributed by atoms with E-state index in [0.717, 1.165) is 22.5 Å². The number of aromatic amines is 1. The van der Waals surface area contributed by atoms with Gasteiger partial charge in [-0.15, -0.1) is 0 Å². The fraction of sp³-hybridized carbons (Fsp3) is 0.0204. The first-order valence-electron chi connectivity index (χ1n) is 17.4. The van der Waals surface area contributed by atoms with Gasteiger partial charge in [-0.2, -0.15) is 0 Å². The molecule has 0 unspecified atom stereocenters. The fourth-order valence-corrected chi connectivity index (χ4v) is 7.86. The number of para-hydroxylation sites is 1. The molecule has 0 spiro atoms. The molecule has 0 aliphatic rings. The molecule has 0 aliphatic heterocycles. The molecular formula is C49H36N2. The maximum Gasteiger partial charge on any atom is 0.0553 e. The van der Waals surface area contributed by atoms with Crippen LogP contribution in [-0.4, -0.2) is 9.55 Å². The molecule has 1 N–H and O–H groups in total. The van der Waals surface area contributed by atoms with Gasteiger partial charge in [0, 0.05) is 38.6 Å². The number of H-pyrrole nitrogens is 1. The van der Waals surface area contributed by atoms with Crippen LogP contribution < -0.4 is 0 Å². The highest BCUT2D eigenvalue weighted by Crippen LogP contribution is 2.43. The van der Waals surface area contributed by atoms with Crippen LogP contribution in [0.5, 0.6) is 0 Å². The first-order valence-corrected chi connectivity index (χ1v) is 17.4. The number of fused-ring (bicyclic) bond motifs is 7. The van der Waals surface area contributed by atoms with Gasteiger partial charge in [-0.1, -0.05) is 135 Å². The summed E-state index contributed by atoms with van der Waals surface area (Å²) in [4.78, 5) is 3.62. The van der Waals surface area contributed by atoms with Gasteiger partial charge in [0.05, 0.1) is 11.0 Å². The van der Waals surface area contributed by atoms with Crippen LogP contribution in [-0.2, 0) is 0 Å². The van der Waals surface area contributed by atoms with Crippen LogP contribution in [0.4, 0.5) is 0 Å². The summed E-state index contributed by atoms with van der Waals surface area (Å²) >= 11 is 0. The van der Waals surface area contributed by atoms with E-state index in [2.05, 4.69) is 175 Å². The Morgan fingerprint density at radius 3 is 2.02 bits per heavy atom. The Balaban J connectivity index is 1.34. The lowest BCUT2D eigenvalue weighted by Crippen LogP contribution is -1.95. The van der Waals surface area contributed by atoms with Crippen LogP contribution in [0.2, 0.25) is 0 Å². The standard InChI is InChI=1S/C49H36N2/c1-4-6-15-35-27-36(28-37-29-45-39(18-7-5-2)32(3)50-46(45)30-43(35)37)44-31-48-49(41-20-12-11-19-40(41)44)42-21-13-14-22-47(42)51(48)38-25-23-34(24-26-38)33-16-9-8-10-17-33/h4-31,50H,1-2H2,3H3/b15-6-,18-7-. The molecule has 2 aromatic heterocycles. The van der Waals surface area contributed by atoms with Crippen LogP contribution in [0.15, 0.2) is 171 Å². The average molecular weight is 653 g/mol. The van der Waals surface area contributed by atoms with E-state index >= 15 is 0 Å². The van der Waals surface area contributed by atoms with Gasteiger partial charge >= 0.3 is 0 Å². The largest absolute Gasteiger partial charge is 0.358 e. The van der Waals surface area contributed by atoms with Gasteiger partial charge in [0.25, 0.3) is 0 Å². The van der Waals surface area contributed by atoms with Crippen molar-refractivity contribution >= 4 is 66.4 Å². The molecule has 0 amide bonds. The van der Waals surface area contributed by atoms with Crippen molar-refractivity contribution in [2.45, 2.75) is 6.92 Å². The van der Waals surface area contributed by atoms with E-state index in [1.807, 2.05) is 24.3 Å². The first kappa shape index (κ1) is 30.4. The normalized spacial score (nSPS) is 12.0. The molecule has 51 heavy (non-hydrogen) atoms. The summed E-state index contributed by atoms with van der Waals surface area (Å²) in [6.45, 7) is 10.00. The predicted molar refractivity (Wildman–Crippen MR) is 222 cm³/mol. The van der Waals surface area contributed by atoms with E-state index in [9.17, 15) is 0 Å². The Bertz CT molecular complexity index is 2870. The Morgan fingerprint density at radius 2 is 1.24 bits per heavy atom. The molecule has 9 aromatic rings. The Morgan fingerprint density at radius 1 is 0.549 bits per heavy atom. The zero-order valence-corrected chi connectivity index (χ0v) is 28.5. The topological polar surface area (TPSA) is 20.7 Å². The highest BCUT2D eigenvalue weighted by molar-refractivity contribution is 6.24. The molecule has 0 aliphatic carbocycles. The van der Waals surface area contributed by atoms with Crippen molar-refractivity contribution in [2.24, 2.45) is 0 Å². The van der Waals surface area contributed by atoms with Crippen LogP contribution in [0.3, 0.4) is 0 Å². The third-order valence-electron chi connectivity index (χ3n) is 10.2. The van der Waals surface area contributed by atoms with Gasteiger partial charge in [-0.25, -0.2) is 0 Å². The molecule has 9 rings (SSSR count). The number of allylic oxidation sites excluding steroid dienone is 4. The van der Waals surface area contributed by atoms with Crippen molar-refractivity contribution in [1.82, 2.24) is 9.55 Å². The van der Waals surface area contributed by atoms with E-state index in [4.69, 9.17) is 0 Å². The average Bonchev–Trinajstić information content (AvgIpc) is 3.68. The first-order chi connectivity index (χ1) is 25.1. The summed E-state index contributed by atoms with van der Waals surface area (Å²) in [7, 11) is 0. The van der Waals surface area contributed by atoms with Gasteiger partial charge in [0.1, 0.15) is 0 Å². The van der Waals surface area contributed by atoms with Gasteiger partial charge in [-0.05, 0) is 105 Å². The number of nitrogens with one attached hydrogen (secondary N) is 1. The second kappa shape index (κ2) is 12.4. The molecule has 2 heterocycles. The molecule has 2 nitrogen and oxygen atoms in total. The lowest BCUT2D eigenvalue weighted by Gasteiger charge is -2.14. The van der Waals surface area contributed by atoms with Crippen molar-refractivity contribution < 1.29 is 0 Å². The number of rotatable bonds is 7. The summed E-state index contributed by atoms with van der Waals surface area (Å²) < 4.78 is 2.43. The summed E-state index contributed by atoms with van der Waals surface area (Å²) in [5.74, 6) is 0. The van der Waals surface area contributed by atoms with Crippen molar-refractivity contribution in [3.05, 3.63) is 188 Å². The minimum absolute atomic E-state index is 1.12. The molecule has 0 bridgehead atoms. The number of benzene rings is 7. The highest BCUT2D eigenvalue weighted by Gasteiger charge is 2.19. The summed E-state index contributed by atoms with van der Waals surface area (Å²) in [5.41, 5.74) is 12.9. The van der Waals surface area contributed by atoms with Crippen LogP contribution >= 0.6 is 0 Å². The third kappa shape index (κ3) is 5.04. The van der Waals surface area contributed by atoms with Gasteiger partial charge in [0.2, 0.25) is 0 Å². The van der Waals surface area contributed by atoms with Crippen molar-refractivity contribution in [1.29, 1.82) is 0 Å². The lowest BCUT2D eigenvalue weighted by molar-refractivity contribution is 1.18. The molecule has 0 radical (unpaired) electrons. The molecule has 0 atom stereocenters. The Hall–Kier alpha value is -6.64. The van der Waals surface area contributed by atoms with E-state index in [0.29, 0.717) is 0 Å². The third-order valence-corrected chi connectivity index (χ3v) is 10.2. The summed E-state index contributed by atoms with van der Waals surface area (Å²) in [6.07, 6.45) is 12.0. The quantitative estimate of drug-likeness (QED) is 0.165. The van der Waals surface area contributed by atoms with E-state index < -0.39 is 0 Å². The fourth-order valence-electron chi connectivity index (χ4n) is 7.86. The molecule has 0 saturated heterocycles.